The molecule has 0 radical (unpaired) electrons. The fourth-order valence-electron chi connectivity index (χ4n) is 3.53. The quantitative estimate of drug-likeness (QED) is 0.926. The lowest BCUT2D eigenvalue weighted by Crippen LogP contribution is -2.37. The number of benzene rings is 1. The first-order chi connectivity index (χ1) is 12.2. The third-order valence-electron chi connectivity index (χ3n) is 5.03. The molecule has 1 N–H and O–H groups in total. The van der Waals surface area contributed by atoms with Gasteiger partial charge < -0.3 is 10.2 Å². The highest BCUT2D eigenvalue weighted by molar-refractivity contribution is 5.79. The fourth-order valence-corrected chi connectivity index (χ4v) is 3.53. The van der Waals surface area contributed by atoms with Gasteiger partial charge >= 0.3 is 0 Å². The molecule has 0 bridgehead atoms. The maximum absolute atomic E-state index is 13.8. The van der Waals surface area contributed by atoms with Crippen LogP contribution in [0.5, 0.6) is 0 Å². The predicted molar refractivity (Wildman–Crippen MR) is 91.5 cm³/mol. The summed E-state index contributed by atoms with van der Waals surface area (Å²) in [6, 6.07) is 6.44. The van der Waals surface area contributed by atoms with Gasteiger partial charge in [-0.05, 0) is 24.6 Å². The molecule has 130 valence electrons. The number of rotatable bonds is 3. The van der Waals surface area contributed by atoms with Gasteiger partial charge in [-0.15, -0.1) is 0 Å². The van der Waals surface area contributed by atoms with E-state index in [-0.39, 0.29) is 18.1 Å². The molecule has 1 fully saturated rings. The zero-order valence-corrected chi connectivity index (χ0v) is 14.0. The Morgan fingerprint density at radius 1 is 1.36 bits per heavy atom. The zero-order valence-electron chi connectivity index (χ0n) is 14.0. The molecule has 0 spiro atoms. The molecule has 25 heavy (non-hydrogen) atoms. The van der Waals surface area contributed by atoms with Gasteiger partial charge in [-0.3, -0.25) is 4.79 Å². The van der Waals surface area contributed by atoms with Gasteiger partial charge in [0.05, 0.1) is 12.1 Å². The van der Waals surface area contributed by atoms with Crippen molar-refractivity contribution >= 4 is 5.91 Å². The highest BCUT2D eigenvalue weighted by atomic mass is 19.1. The van der Waals surface area contributed by atoms with Crippen molar-refractivity contribution in [2.24, 2.45) is 0 Å². The minimum Gasteiger partial charge on any atom is -0.338 e. The maximum Gasteiger partial charge on any atom is 0.227 e. The Hall–Kier alpha value is -2.34. The van der Waals surface area contributed by atoms with Gasteiger partial charge in [-0.1, -0.05) is 18.2 Å². The molecule has 3 heterocycles. The summed E-state index contributed by atoms with van der Waals surface area (Å²) in [5.74, 6) is 0.923. The van der Waals surface area contributed by atoms with Gasteiger partial charge in [0.2, 0.25) is 5.91 Å². The zero-order chi connectivity index (χ0) is 17.2. The Labute approximate surface area is 146 Å². The van der Waals surface area contributed by atoms with E-state index in [0.29, 0.717) is 24.6 Å². The van der Waals surface area contributed by atoms with Crippen molar-refractivity contribution in [3.8, 4) is 0 Å². The number of hydrogen-bond donors (Lipinski definition) is 1. The van der Waals surface area contributed by atoms with Crippen molar-refractivity contribution in [1.82, 2.24) is 20.2 Å². The minimum atomic E-state index is -0.327. The second-order valence-corrected chi connectivity index (χ2v) is 6.72. The van der Waals surface area contributed by atoms with E-state index in [1.807, 2.05) is 6.20 Å². The molecule has 6 heteroatoms. The smallest absolute Gasteiger partial charge is 0.227 e. The number of halogens is 1. The minimum absolute atomic E-state index is 0.0557. The largest absolute Gasteiger partial charge is 0.338 e. The van der Waals surface area contributed by atoms with E-state index in [9.17, 15) is 9.18 Å². The molecule has 2 aliphatic rings. The predicted octanol–water partition coefficient (Wildman–Crippen LogP) is 1.82. The Balaban J connectivity index is 1.45. The summed E-state index contributed by atoms with van der Waals surface area (Å²) < 4.78 is 13.8. The van der Waals surface area contributed by atoms with Crippen LogP contribution in [-0.4, -0.2) is 40.4 Å². The van der Waals surface area contributed by atoms with Crippen LogP contribution < -0.4 is 5.32 Å². The van der Waals surface area contributed by atoms with Crippen LogP contribution in [0.2, 0.25) is 0 Å². The van der Waals surface area contributed by atoms with Crippen molar-refractivity contribution in [2.45, 2.75) is 31.7 Å². The number of fused-ring (bicyclic) bond motifs is 1. The number of aromatic nitrogens is 2. The van der Waals surface area contributed by atoms with Gasteiger partial charge in [0, 0.05) is 43.7 Å². The number of nitrogens with one attached hydrogen (secondary N) is 1. The molecule has 1 saturated heterocycles. The van der Waals surface area contributed by atoms with Crippen LogP contribution in [-0.2, 0) is 24.2 Å². The lowest BCUT2D eigenvalue weighted by Gasteiger charge is -2.28. The number of carbonyl (C=O) groups is 1. The van der Waals surface area contributed by atoms with Crippen molar-refractivity contribution in [1.29, 1.82) is 0 Å². The van der Waals surface area contributed by atoms with Crippen molar-refractivity contribution < 1.29 is 9.18 Å². The standard InChI is InChI=1S/C19H21FN4O/c20-16-4-2-1-3-13(16)9-18(25)24-8-6-17-15(12-24)11-22-19(23-17)14-5-7-21-10-14/h1-4,11,14,21H,5-10,12H2/t14-/m1/s1. The van der Waals surface area contributed by atoms with Crippen molar-refractivity contribution in [3.05, 3.63) is 58.9 Å². The molecule has 1 aromatic heterocycles. The summed E-state index contributed by atoms with van der Waals surface area (Å²) in [5.41, 5.74) is 2.49. The van der Waals surface area contributed by atoms with Gasteiger partial charge in [-0.2, -0.15) is 0 Å². The SMILES string of the molecule is O=C(Cc1ccccc1F)N1CCc2nc([C@@H]3CCNC3)ncc2C1. The third-order valence-corrected chi connectivity index (χ3v) is 5.03. The van der Waals surface area contributed by atoms with Crippen molar-refractivity contribution in [2.75, 3.05) is 19.6 Å². The van der Waals surface area contributed by atoms with E-state index in [1.165, 1.54) is 6.07 Å². The molecular weight excluding hydrogens is 319 g/mol. The molecular formula is C19H21FN4O. The molecule has 5 nitrogen and oxygen atoms in total. The first-order valence-electron chi connectivity index (χ1n) is 8.77. The Morgan fingerprint density at radius 3 is 3.04 bits per heavy atom. The molecule has 1 atom stereocenters. The summed E-state index contributed by atoms with van der Waals surface area (Å²) >= 11 is 0. The summed E-state index contributed by atoms with van der Waals surface area (Å²) in [7, 11) is 0. The Kier molecular flexibility index (Phi) is 4.44. The number of amides is 1. The summed E-state index contributed by atoms with van der Waals surface area (Å²) in [6.45, 7) is 3.08. The molecule has 0 aliphatic carbocycles. The summed E-state index contributed by atoms with van der Waals surface area (Å²) in [5, 5.41) is 3.34. The van der Waals surface area contributed by atoms with Crippen LogP contribution in [0.1, 0.15) is 35.0 Å². The van der Waals surface area contributed by atoms with Gasteiger partial charge in [0.25, 0.3) is 0 Å². The maximum atomic E-state index is 13.8. The van der Waals surface area contributed by atoms with Gasteiger partial charge in [-0.25, -0.2) is 14.4 Å². The number of nitrogens with zero attached hydrogens (tertiary/aromatic N) is 3. The van der Waals surface area contributed by atoms with Crippen LogP contribution in [0.25, 0.3) is 0 Å². The molecule has 1 amide bonds. The van der Waals surface area contributed by atoms with Crippen LogP contribution in [0.3, 0.4) is 0 Å². The van der Waals surface area contributed by atoms with E-state index in [0.717, 1.165) is 43.0 Å². The average Bonchev–Trinajstić information content (AvgIpc) is 3.17. The molecule has 2 aliphatic heterocycles. The van der Waals surface area contributed by atoms with Crippen LogP contribution in [0.15, 0.2) is 30.5 Å². The van der Waals surface area contributed by atoms with Crippen LogP contribution in [0.4, 0.5) is 4.39 Å². The topological polar surface area (TPSA) is 58.1 Å². The monoisotopic (exact) mass is 340 g/mol. The highest BCUT2D eigenvalue weighted by Crippen LogP contribution is 2.23. The third kappa shape index (κ3) is 3.39. The number of carbonyl (C=O) groups excluding carboxylic acids is 1. The molecule has 4 rings (SSSR count). The van der Waals surface area contributed by atoms with E-state index in [1.54, 1.807) is 23.1 Å². The number of hydrogen-bond acceptors (Lipinski definition) is 4. The van der Waals surface area contributed by atoms with E-state index in [4.69, 9.17) is 4.98 Å². The normalized spacial score (nSPS) is 19.7. The second kappa shape index (κ2) is 6.88. The average molecular weight is 340 g/mol. The second-order valence-electron chi connectivity index (χ2n) is 6.72. The molecule has 1 aromatic carbocycles. The van der Waals surface area contributed by atoms with Gasteiger partial charge in [0.1, 0.15) is 11.6 Å². The molecule has 2 aromatic rings. The first-order valence-corrected chi connectivity index (χ1v) is 8.77. The fraction of sp³-hybridized carbons (Fsp3) is 0.421. The molecule has 0 saturated carbocycles. The summed E-state index contributed by atoms with van der Waals surface area (Å²) in [4.78, 5) is 23.5. The lowest BCUT2D eigenvalue weighted by molar-refractivity contribution is -0.131. The first kappa shape index (κ1) is 16.1. The van der Waals surface area contributed by atoms with E-state index < -0.39 is 0 Å². The summed E-state index contributed by atoms with van der Waals surface area (Å²) in [6.07, 6.45) is 3.76. The van der Waals surface area contributed by atoms with Crippen LogP contribution in [0, 0.1) is 5.82 Å². The molecule has 0 unspecified atom stereocenters. The van der Waals surface area contributed by atoms with Gasteiger partial charge in [0.15, 0.2) is 0 Å². The van der Waals surface area contributed by atoms with Crippen molar-refractivity contribution in [3.63, 3.8) is 0 Å². The van der Waals surface area contributed by atoms with E-state index in [2.05, 4.69) is 10.3 Å². The highest BCUT2D eigenvalue weighted by Gasteiger charge is 2.25. The van der Waals surface area contributed by atoms with E-state index >= 15 is 0 Å². The van der Waals surface area contributed by atoms with Crippen LogP contribution >= 0.6 is 0 Å². The Bertz CT molecular complexity index is 789. The Morgan fingerprint density at radius 2 is 2.24 bits per heavy atom. The lowest BCUT2D eigenvalue weighted by atomic mass is 10.0.